The molecule has 0 spiro atoms. The van der Waals surface area contributed by atoms with Crippen LogP contribution in [-0.4, -0.2) is 53.7 Å². The molecule has 0 aliphatic heterocycles. The van der Waals surface area contributed by atoms with Gasteiger partial charge in [0.25, 0.3) is 0 Å². The van der Waals surface area contributed by atoms with Crippen molar-refractivity contribution >= 4 is 23.6 Å². The lowest BCUT2D eigenvalue weighted by Crippen LogP contribution is -2.38. The van der Waals surface area contributed by atoms with Crippen molar-refractivity contribution < 1.29 is 24.6 Å². The number of hydrogen-bond acceptors (Lipinski definition) is 4. The summed E-state index contributed by atoms with van der Waals surface area (Å²) in [6.07, 6.45) is 0. The van der Waals surface area contributed by atoms with Crippen LogP contribution in [0.25, 0.3) is 0 Å². The largest absolute Gasteiger partial charge is 0.505 e. The van der Waals surface area contributed by atoms with Gasteiger partial charge in [-0.2, -0.15) is 0 Å². The molecule has 0 aromatic heterocycles. The fraction of sp³-hybridized carbons (Fsp3) is 0.250. The van der Waals surface area contributed by atoms with E-state index in [-0.39, 0.29) is 23.7 Å². The Kier molecular flexibility index (Phi) is 4.90. The van der Waals surface area contributed by atoms with Gasteiger partial charge in [-0.1, -0.05) is 6.07 Å². The van der Waals surface area contributed by atoms with Crippen molar-refractivity contribution in [3.63, 3.8) is 0 Å². The molecule has 0 saturated carbocycles. The highest BCUT2D eigenvalue weighted by Gasteiger charge is 2.15. The summed E-state index contributed by atoms with van der Waals surface area (Å²) in [6, 6.07) is 3.20. The monoisotopic (exact) mass is 281 g/mol. The van der Waals surface area contributed by atoms with Crippen molar-refractivity contribution in [2.75, 3.05) is 26.0 Å². The van der Waals surface area contributed by atoms with Gasteiger partial charge in [0.15, 0.2) is 5.75 Å². The van der Waals surface area contributed by atoms with E-state index in [2.05, 4.69) is 10.6 Å². The zero-order chi connectivity index (χ0) is 15.3. The van der Waals surface area contributed by atoms with E-state index < -0.39 is 17.7 Å². The summed E-state index contributed by atoms with van der Waals surface area (Å²) in [5, 5.41) is 23.1. The Morgan fingerprint density at radius 3 is 2.45 bits per heavy atom. The predicted molar refractivity (Wildman–Crippen MR) is 70.8 cm³/mol. The second kappa shape index (κ2) is 6.41. The number of carbonyl (C=O) groups excluding carboxylic acids is 2. The third-order valence-corrected chi connectivity index (χ3v) is 2.41. The van der Waals surface area contributed by atoms with E-state index in [4.69, 9.17) is 5.11 Å². The average Bonchev–Trinajstić information content (AvgIpc) is 2.37. The topological polar surface area (TPSA) is 119 Å². The maximum atomic E-state index is 11.5. The van der Waals surface area contributed by atoms with Crippen LogP contribution in [0, 0.1) is 0 Å². The first-order valence-corrected chi connectivity index (χ1v) is 5.63. The molecule has 0 unspecified atom stereocenters. The first-order chi connectivity index (χ1) is 9.32. The number of likely N-dealkylation sites (N-methyl/N-ethyl adjacent to an activating group) is 1. The minimum Gasteiger partial charge on any atom is -0.505 e. The van der Waals surface area contributed by atoms with Gasteiger partial charge in [-0.05, 0) is 12.1 Å². The van der Waals surface area contributed by atoms with Crippen molar-refractivity contribution in [3.8, 4) is 5.75 Å². The van der Waals surface area contributed by atoms with Gasteiger partial charge in [-0.25, -0.2) is 9.59 Å². The van der Waals surface area contributed by atoms with Crippen LogP contribution in [-0.2, 0) is 4.79 Å². The standard InChI is InChI=1S/C12H15N3O5/c1-15(2)9(16)6-13-12(20)14-8-5-3-4-7(10(8)17)11(18)19/h3-5,17H,6H2,1-2H3,(H,18,19)(H2,13,14,20). The molecule has 108 valence electrons. The van der Waals surface area contributed by atoms with E-state index in [1.807, 2.05) is 0 Å². The highest BCUT2D eigenvalue weighted by atomic mass is 16.4. The van der Waals surface area contributed by atoms with Gasteiger partial charge < -0.3 is 25.7 Å². The van der Waals surface area contributed by atoms with Crippen molar-refractivity contribution in [2.45, 2.75) is 0 Å². The number of phenols is 1. The number of para-hydroxylation sites is 1. The fourth-order valence-electron chi connectivity index (χ4n) is 1.30. The number of amides is 3. The van der Waals surface area contributed by atoms with E-state index in [0.29, 0.717) is 0 Å². The SMILES string of the molecule is CN(C)C(=O)CNC(=O)Nc1cccc(C(=O)O)c1O. The lowest BCUT2D eigenvalue weighted by atomic mass is 10.2. The molecule has 0 heterocycles. The van der Waals surface area contributed by atoms with Crippen LogP contribution in [0.4, 0.5) is 10.5 Å². The molecule has 1 aromatic carbocycles. The molecule has 0 saturated heterocycles. The smallest absolute Gasteiger partial charge is 0.339 e. The highest BCUT2D eigenvalue weighted by Crippen LogP contribution is 2.27. The Labute approximate surface area is 115 Å². The Hall–Kier alpha value is -2.77. The number of rotatable bonds is 4. The minimum absolute atomic E-state index is 0.0558. The van der Waals surface area contributed by atoms with Gasteiger partial charge in [0, 0.05) is 14.1 Å². The number of carbonyl (C=O) groups is 3. The Morgan fingerprint density at radius 1 is 1.25 bits per heavy atom. The Morgan fingerprint density at radius 2 is 1.90 bits per heavy atom. The van der Waals surface area contributed by atoms with Crippen molar-refractivity contribution in [1.29, 1.82) is 0 Å². The second-order valence-electron chi connectivity index (χ2n) is 4.10. The van der Waals surface area contributed by atoms with Gasteiger partial charge in [0.1, 0.15) is 5.56 Å². The van der Waals surface area contributed by atoms with E-state index in [1.165, 1.54) is 23.1 Å². The first kappa shape index (κ1) is 15.3. The molecule has 0 bridgehead atoms. The van der Waals surface area contributed by atoms with Gasteiger partial charge in [0.05, 0.1) is 12.2 Å². The van der Waals surface area contributed by atoms with Crippen molar-refractivity contribution in [3.05, 3.63) is 23.8 Å². The summed E-state index contributed by atoms with van der Waals surface area (Å²) >= 11 is 0. The van der Waals surface area contributed by atoms with Crippen molar-refractivity contribution in [1.82, 2.24) is 10.2 Å². The molecule has 1 rings (SSSR count). The number of hydrogen-bond donors (Lipinski definition) is 4. The summed E-state index contributed by atoms with van der Waals surface area (Å²) in [5.41, 5.74) is -0.383. The lowest BCUT2D eigenvalue weighted by molar-refractivity contribution is -0.127. The van der Waals surface area contributed by atoms with E-state index in [9.17, 15) is 19.5 Å². The van der Waals surface area contributed by atoms with E-state index in [0.717, 1.165) is 0 Å². The number of carboxylic acids is 1. The maximum Gasteiger partial charge on any atom is 0.339 e. The number of benzene rings is 1. The van der Waals surface area contributed by atoms with Gasteiger partial charge in [0.2, 0.25) is 5.91 Å². The van der Waals surface area contributed by atoms with E-state index >= 15 is 0 Å². The zero-order valence-electron chi connectivity index (χ0n) is 11.0. The van der Waals surface area contributed by atoms with Crippen LogP contribution in [0.5, 0.6) is 5.75 Å². The van der Waals surface area contributed by atoms with Gasteiger partial charge in [-0.3, -0.25) is 4.79 Å². The third kappa shape index (κ3) is 3.87. The molecule has 8 nitrogen and oxygen atoms in total. The second-order valence-corrected chi connectivity index (χ2v) is 4.10. The maximum absolute atomic E-state index is 11.5. The number of anilines is 1. The molecule has 1 aromatic rings. The molecular weight excluding hydrogens is 266 g/mol. The van der Waals surface area contributed by atoms with Gasteiger partial charge in [-0.15, -0.1) is 0 Å². The molecule has 20 heavy (non-hydrogen) atoms. The summed E-state index contributed by atoms with van der Waals surface area (Å²) in [7, 11) is 3.09. The fourth-order valence-corrected chi connectivity index (χ4v) is 1.30. The summed E-state index contributed by atoms with van der Waals surface area (Å²) < 4.78 is 0. The molecule has 8 heteroatoms. The molecular formula is C12H15N3O5. The summed E-state index contributed by atoms with van der Waals surface area (Å²) in [6.45, 7) is -0.210. The quantitative estimate of drug-likeness (QED) is 0.592. The average molecular weight is 281 g/mol. The Balaban J connectivity index is 2.70. The first-order valence-electron chi connectivity index (χ1n) is 5.63. The molecule has 0 fully saturated rings. The summed E-state index contributed by atoms with van der Waals surface area (Å²) in [5.74, 6) is -2.16. The number of carboxylic acid groups (broad SMARTS) is 1. The number of urea groups is 1. The van der Waals surface area contributed by atoms with Crippen molar-refractivity contribution in [2.24, 2.45) is 0 Å². The Bertz CT molecular complexity index is 542. The number of aromatic hydroxyl groups is 1. The predicted octanol–water partition coefficient (Wildman–Crippen LogP) is 0.300. The molecule has 0 radical (unpaired) electrons. The van der Waals surface area contributed by atoms with Crippen LogP contribution in [0.15, 0.2) is 18.2 Å². The number of nitrogens with one attached hydrogen (secondary N) is 2. The molecule has 0 aliphatic rings. The molecule has 4 N–H and O–H groups in total. The molecule has 3 amide bonds. The van der Waals surface area contributed by atoms with Crippen LogP contribution in [0.1, 0.15) is 10.4 Å². The number of aromatic carboxylic acids is 1. The van der Waals surface area contributed by atoms with Crippen LogP contribution in [0.2, 0.25) is 0 Å². The van der Waals surface area contributed by atoms with Gasteiger partial charge >= 0.3 is 12.0 Å². The lowest BCUT2D eigenvalue weighted by Gasteiger charge is -2.12. The number of nitrogens with zero attached hydrogens (tertiary/aromatic N) is 1. The van der Waals surface area contributed by atoms with Crippen LogP contribution >= 0.6 is 0 Å². The normalized spacial score (nSPS) is 9.70. The molecule has 0 atom stereocenters. The zero-order valence-corrected chi connectivity index (χ0v) is 11.0. The van der Waals surface area contributed by atoms with E-state index in [1.54, 1.807) is 14.1 Å². The highest BCUT2D eigenvalue weighted by molar-refractivity contribution is 5.98. The third-order valence-electron chi connectivity index (χ3n) is 2.41. The van der Waals surface area contributed by atoms with Crippen LogP contribution in [0.3, 0.4) is 0 Å². The summed E-state index contributed by atoms with van der Waals surface area (Å²) in [4.78, 5) is 34.9. The van der Waals surface area contributed by atoms with Crippen LogP contribution < -0.4 is 10.6 Å². The molecule has 0 aliphatic carbocycles. The minimum atomic E-state index is -1.31.